The van der Waals surface area contributed by atoms with Crippen LogP contribution >= 0.6 is 22.6 Å². The largest absolute Gasteiger partial charge is 0.492 e. The first-order chi connectivity index (χ1) is 8.49. The number of H-pyrrole nitrogens is 1. The van der Waals surface area contributed by atoms with Crippen molar-refractivity contribution in [2.75, 3.05) is 0 Å². The van der Waals surface area contributed by atoms with Crippen molar-refractivity contribution < 1.29 is 5.11 Å². The first kappa shape index (κ1) is 13.1. The molecule has 0 saturated carbocycles. The highest BCUT2D eigenvalue weighted by atomic mass is 127. The monoisotopic (exact) mass is 356 g/mol. The summed E-state index contributed by atoms with van der Waals surface area (Å²) in [7, 11) is 0. The number of nitrogens with zero attached hydrogens (tertiary/aromatic N) is 1. The number of benzene rings is 1. The van der Waals surface area contributed by atoms with Gasteiger partial charge in [0.15, 0.2) is 0 Å². The Balaban J connectivity index is 2.46. The minimum atomic E-state index is -0.328. The highest BCUT2D eigenvalue weighted by Gasteiger charge is 2.09. The predicted octanol–water partition coefficient (Wildman–Crippen LogP) is 2.87. The molecule has 0 aliphatic heterocycles. The van der Waals surface area contributed by atoms with Crippen LogP contribution in [0.25, 0.3) is 11.4 Å². The summed E-state index contributed by atoms with van der Waals surface area (Å²) in [5.41, 5.74) is 1.67. The van der Waals surface area contributed by atoms with Gasteiger partial charge < -0.3 is 10.1 Å². The Morgan fingerprint density at radius 2 is 1.89 bits per heavy atom. The summed E-state index contributed by atoms with van der Waals surface area (Å²) in [6, 6.07) is 7.77. The molecule has 0 bridgehead atoms. The van der Waals surface area contributed by atoms with E-state index in [0.717, 1.165) is 5.56 Å². The number of nitrogens with one attached hydrogen (secondary N) is 1. The fourth-order valence-corrected chi connectivity index (χ4v) is 1.86. The van der Waals surface area contributed by atoms with Crippen LogP contribution in [0.2, 0.25) is 0 Å². The van der Waals surface area contributed by atoms with Gasteiger partial charge in [0.25, 0.3) is 5.56 Å². The Morgan fingerprint density at radius 3 is 2.39 bits per heavy atom. The molecule has 0 fully saturated rings. The smallest absolute Gasteiger partial charge is 0.268 e. The van der Waals surface area contributed by atoms with Crippen LogP contribution in [0, 0.1) is 3.57 Å². The Labute approximate surface area is 118 Å². The summed E-state index contributed by atoms with van der Waals surface area (Å²) < 4.78 is 0.204. The molecular weight excluding hydrogens is 343 g/mol. The minimum Gasteiger partial charge on any atom is -0.492 e. The third-order valence-corrected chi connectivity index (χ3v) is 3.67. The molecule has 1 heterocycles. The van der Waals surface area contributed by atoms with Crippen molar-refractivity contribution in [3.8, 4) is 17.3 Å². The molecule has 0 spiro atoms. The quantitative estimate of drug-likeness (QED) is 0.814. The lowest BCUT2D eigenvalue weighted by Gasteiger charge is -2.07. The average Bonchev–Trinajstić information content (AvgIpc) is 2.35. The highest BCUT2D eigenvalue weighted by molar-refractivity contribution is 14.1. The van der Waals surface area contributed by atoms with E-state index in [1.807, 2.05) is 24.3 Å². The standard InChI is InChI=1S/C13H13IN2O2/c1-7(2)8-3-5-9(6-4-8)11-15-12(17)10(14)13(18)16-11/h3-7H,1-2H3,(H2,15,16,17,18). The van der Waals surface area contributed by atoms with Gasteiger partial charge in [0, 0.05) is 5.56 Å². The van der Waals surface area contributed by atoms with Gasteiger partial charge in [-0.2, -0.15) is 4.98 Å². The number of aromatic nitrogens is 2. The van der Waals surface area contributed by atoms with E-state index in [9.17, 15) is 9.90 Å². The molecule has 0 saturated heterocycles. The number of aromatic hydroxyl groups is 1. The van der Waals surface area contributed by atoms with E-state index in [2.05, 4.69) is 23.8 Å². The number of halogens is 1. The van der Waals surface area contributed by atoms with Crippen LogP contribution in [0.5, 0.6) is 5.88 Å². The van der Waals surface area contributed by atoms with Crippen LogP contribution in [0.3, 0.4) is 0 Å². The topological polar surface area (TPSA) is 66.0 Å². The third kappa shape index (κ3) is 2.55. The number of aromatic amines is 1. The second kappa shape index (κ2) is 5.09. The lowest BCUT2D eigenvalue weighted by atomic mass is 10.0. The lowest BCUT2D eigenvalue weighted by molar-refractivity contribution is 0.447. The summed E-state index contributed by atoms with van der Waals surface area (Å²) in [6.45, 7) is 4.23. The molecule has 0 unspecified atom stereocenters. The zero-order chi connectivity index (χ0) is 13.3. The van der Waals surface area contributed by atoms with E-state index in [1.165, 1.54) is 5.56 Å². The van der Waals surface area contributed by atoms with E-state index in [0.29, 0.717) is 11.7 Å². The molecule has 1 aromatic carbocycles. The maximum Gasteiger partial charge on any atom is 0.268 e. The first-order valence-electron chi connectivity index (χ1n) is 5.58. The van der Waals surface area contributed by atoms with E-state index < -0.39 is 0 Å². The van der Waals surface area contributed by atoms with Crippen molar-refractivity contribution in [2.45, 2.75) is 19.8 Å². The van der Waals surface area contributed by atoms with E-state index >= 15 is 0 Å². The molecule has 2 aromatic rings. The van der Waals surface area contributed by atoms with Gasteiger partial charge in [0.2, 0.25) is 5.88 Å². The van der Waals surface area contributed by atoms with E-state index in [1.54, 1.807) is 22.6 Å². The molecule has 4 nitrogen and oxygen atoms in total. The lowest BCUT2D eigenvalue weighted by Crippen LogP contribution is -2.12. The second-order valence-corrected chi connectivity index (χ2v) is 5.41. The number of hydrogen-bond acceptors (Lipinski definition) is 3. The van der Waals surface area contributed by atoms with Crippen molar-refractivity contribution in [3.05, 3.63) is 43.8 Å². The van der Waals surface area contributed by atoms with Gasteiger partial charge in [-0.1, -0.05) is 38.1 Å². The summed E-state index contributed by atoms with van der Waals surface area (Å²) >= 11 is 1.76. The van der Waals surface area contributed by atoms with Gasteiger partial charge in [-0.05, 0) is 34.1 Å². The van der Waals surface area contributed by atoms with Crippen LogP contribution in [-0.4, -0.2) is 15.1 Å². The van der Waals surface area contributed by atoms with Crippen molar-refractivity contribution in [1.29, 1.82) is 0 Å². The third-order valence-electron chi connectivity index (χ3n) is 2.70. The summed E-state index contributed by atoms with van der Waals surface area (Å²) in [5.74, 6) is 0.603. The summed E-state index contributed by atoms with van der Waals surface area (Å²) in [4.78, 5) is 18.2. The molecule has 0 aliphatic carbocycles. The molecular formula is C13H13IN2O2. The van der Waals surface area contributed by atoms with Crippen molar-refractivity contribution in [3.63, 3.8) is 0 Å². The predicted molar refractivity (Wildman–Crippen MR) is 78.8 cm³/mol. The molecule has 0 atom stereocenters. The fraction of sp³-hybridized carbons (Fsp3) is 0.231. The first-order valence-corrected chi connectivity index (χ1v) is 6.66. The van der Waals surface area contributed by atoms with Gasteiger partial charge in [-0.25, -0.2) is 0 Å². The van der Waals surface area contributed by atoms with Crippen LogP contribution in [0.1, 0.15) is 25.3 Å². The van der Waals surface area contributed by atoms with Gasteiger partial charge >= 0.3 is 0 Å². The Hall–Kier alpha value is -1.37. The molecule has 2 N–H and O–H groups in total. The average molecular weight is 356 g/mol. The highest BCUT2D eigenvalue weighted by Crippen LogP contribution is 2.21. The minimum absolute atomic E-state index is 0.204. The van der Waals surface area contributed by atoms with Crippen LogP contribution in [0.4, 0.5) is 0 Å². The second-order valence-electron chi connectivity index (χ2n) is 4.33. The van der Waals surface area contributed by atoms with Gasteiger partial charge in [0.1, 0.15) is 9.39 Å². The Bertz CT molecular complexity index is 618. The van der Waals surface area contributed by atoms with E-state index in [4.69, 9.17) is 0 Å². The van der Waals surface area contributed by atoms with Crippen molar-refractivity contribution in [1.82, 2.24) is 9.97 Å². The van der Waals surface area contributed by atoms with E-state index in [-0.39, 0.29) is 15.0 Å². The number of rotatable bonds is 2. The molecule has 0 amide bonds. The zero-order valence-corrected chi connectivity index (χ0v) is 12.2. The molecule has 2 rings (SSSR count). The van der Waals surface area contributed by atoms with Gasteiger partial charge in [-0.3, -0.25) is 4.79 Å². The maximum absolute atomic E-state index is 11.5. The Kier molecular flexibility index (Phi) is 3.70. The molecule has 94 valence electrons. The molecule has 0 aliphatic rings. The summed E-state index contributed by atoms with van der Waals surface area (Å²) in [6.07, 6.45) is 0. The Morgan fingerprint density at radius 1 is 1.28 bits per heavy atom. The van der Waals surface area contributed by atoms with Gasteiger partial charge in [-0.15, -0.1) is 0 Å². The summed E-state index contributed by atoms with van der Waals surface area (Å²) in [5, 5.41) is 9.55. The van der Waals surface area contributed by atoms with Crippen molar-refractivity contribution >= 4 is 22.6 Å². The fourth-order valence-electron chi connectivity index (χ4n) is 1.61. The zero-order valence-electron chi connectivity index (χ0n) is 10.1. The maximum atomic E-state index is 11.5. The van der Waals surface area contributed by atoms with Crippen LogP contribution in [-0.2, 0) is 0 Å². The van der Waals surface area contributed by atoms with Crippen LogP contribution < -0.4 is 5.56 Å². The molecule has 1 aromatic heterocycles. The molecule has 5 heteroatoms. The van der Waals surface area contributed by atoms with Crippen LogP contribution in [0.15, 0.2) is 29.1 Å². The number of hydrogen-bond donors (Lipinski definition) is 2. The normalized spacial score (nSPS) is 10.9. The SMILES string of the molecule is CC(C)c1ccc(-c2nc(O)c(I)c(=O)[nH]2)cc1. The van der Waals surface area contributed by atoms with Crippen molar-refractivity contribution in [2.24, 2.45) is 0 Å². The molecule has 18 heavy (non-hydrogen) atoms. The van der Waals surface area contributed by atoms with Gasteiger partial charge in [0.05, 0.1) is 0 Å². The molecule has 0 radical (unpaired) electrons.